The molecule has 0 bridgehead atoms. The molecule has 0 aromatic carbocycles. The third kappa shape index (κ3) is 2.88. The van der Waals surface area contributed by atoms with E-state index in [1.165, 1.54) is 41.6 Å². The lowest BCUT2D eigenvalue weighted by molar-refractivity contribution is 0.600. The van der Waals surface area contributed by atoms with Crippen molar-refractivity contribution in [1.29, 1.82) is 0 Å². The van der Waals surface area contributed by atoms with E-state index in [0.29, 0.717) is 56.6 Å². The van der Waals surface area contributed by atoms with Gasteiger partial charge >= 0.3 is 0 Å². The predicted molar refractivity (Wildman–Crippen MR) is 129 cm³/mol. The van der Waals surface area contributed by atoms with Crippen LogP contribution in [0.1, 0.15) is 0 Å². The summed E-state index contributed by atoms with van der Waals surface area (Å²) in [6.07, 6.45) is 5.93. The van der Waals surface area contributed by atoms with Crippen LogP contribution in [0.4, 0.5) is 0 Å². The second-order valence-electron chi connectivity index (χ2n) is 7.38. The summed E-state index contributed by atoms with van der Waals surface area (Å²) in [5.74, 6) is 1.36. The third-order valence-corrected chi connectivity index (χ3v) is 6.86. The molecule has 8 heterocycles. The van der Waals surface area contributed by atoms with Gasteiger partial charge in [0.1, 0.15) is 38.3 Å². The molecule has 8 aromatic heterocycles. The quantitative estimate of drug-likeness (QED) is 0.367. The Balaban J connectivity index is 1.40. The smallest absolute Gasteiger partial charge is 0.202 e. The highest BCUT2D eigenvalue weighted by molar-refractivity contribution is 7.17. The van der Waals surface area contributed by atoms with E-state index in [1.807, 2.05) is 0 Å². The van der Waals surface area contributed by atoms with Crippen LogP contribution in [-0.2, 0) is 0 Å². The first-order chi connectivity index (χ1) is 17.8. The lowest BCUT2D eigenvalue weighted by atomic mass is 10.3. The van der Waals surface area contributed by atoms with Crippen molar-refractivity contribution in [3.05, 3.63) is 36.1 Å². The van der Waals surface area contributed by atoms with E-state index in [9.17, 15) is 0 Å². The first-order valence-electron chi connectivity index (χ1n) is 10.3. The van der Waals surface area contributed by atoms with Crippen molar-refractivity contribution in [2.24, 2.45) is 0 Å². The Labute approximate surface area is 205 Å². The minimum absolute atomic E-state index is 0.235. The summed E-state index contributed by atoms with van der Waals surface area (Å²) in [5, 5.41) is 0. The van der Waals surface area contributed by atoms with Crippen molar-refractivity contribution in [3.63, 3.8) is 0 Å². The van der Waals surface area contributed by atoms with E-state index in [0.717, 1.165) is 9.53 Å². The molecule has 0 spiro atoms. The Morgan fingerprint density at radius 2 is 1.58 bits per heavy atom. The maximum Gasteiger partial charge on any atom is 0.202 e. The molecule has 1 N–H and O–H groups in total. The minimum atomic E-state index is 0.235. The fraction of sp³-hybridized carbons (Fsp3) is 0. The number of aromatic nitrogens is 13. The van der Waals surface area contributed by atoms with Crippen molar-refractivity contribution >= 4 is 65.8 Å². The van der Waals surface area contributed by atoms with Gasteiger partial charge in [-0.15, -0.1) is 22.7 Å². The summed E-state index contributed by atoms with van der Waals surface area (Å²) in [5.41, 5.74) is 7.52. The number of nitrogens with one attached hydrogen (secondary N) is 1. The van der Waals surface area contributed by atoms with Crippen LogP contribution in [0.3, 0.4) is 0 Å². The maximum atomic E-state index is 5.25. The van der Waals surface area contributed by atoms with Crippen molar-refractivity contribution < 1.29 is 4.42 Å². The van der Waals surface area contributed by atoms with Crippen LogP contribution in [0.25, 0.3) is 77.8 Å². The molecule has 0 radical (unpaired) electrons. The van der Waals surface area contributed by atoms with E-state index in [-0.39, 0.29) is 11.6 Å². The summed E-state index contributed by atoms with van der Waals surface area (Å²) in [6.45, 7) is 0. The molecular weight excluding hydrogens is 502 g/mol. The van der Waals surface area contributed by atoms with E-state index in [4.69, 9.17) is 14.4 Å². The lowest BCUT2D eigenvalue weighted by Gasteiger charge is -2.04. The summed E-state index contributed by atoms with van der Waals surface area (Å²) in [7, 11) is 0. The highest BCUT2D eigenvalue weighted by atomic mass is 32.1. The number of imidazole rings is 1. The van der Waals surface area contributed by atoms with Crippen molar-refractivity contribution in [1.82, 2.24) is 64.8 Å². The average Bonchev–Trinajstić information content (AvgIpc) is 3.72. The molecular formula is C20H7N13OS2. The summed E-state index contributed by atoms with van der Waals surface area (Å²) >= 11 is 2.84. The molecule has 0 atom stereocenters. The van der Waals surface area contributed by atoms with Crippen LogP contribution in [-0.4, -0.2) is 64.8 Å². The predicted octanol–water partition coefficient (Wildman–Crippen LogP) is 3.08. The average molecular weight is 510 g/mol. The van der Waals surface area contributed by atoms with Gasteiger partial charge < -0.3 is 9.40 Å². The fourth-order valence-electron chi connectivity index (χ4n) is 3.69. The molecule has 0 aliphatic heterocycles. The molecule has 170 valence electrons. The molecule has 36 heavy (non-hydrogen) atoms. The van der Waals surface area contributed by atoms with Gasteiger partial charge in [-0.25, -0.2) is 54.8 Å². The van der Waals surface area contributed by atoms with Gasteiger partial charge in [0.25, 0.3) is 0 Å². The highest BCUT2D eigenvalue weighted by Crippen LogP contribution is 2.31. The Morgan fingerprint density at radius 1 is 0.667 bits per heavy atom. The van der Waals surface area contributed by atoms with Gasteiger partial charge in [-0.05, 0) is 0 Å². The van der Waals surface area contributed by atoms with Crippen LogP contribution in [0.15, 0.2) is 40.6 Å². The Kier molecular flexibility index (Phi) is 3.91. The molecule has 14 nitrogen and oxygen atoms in total. The topological polar surface area (TPSA) is 184 Å². The summed E-state index contributed by atoms with van der Waals surface area (Å²) in [6, 6.07) is 0. The zero-order chi connectivity index (χ0) is 23.6. The van der Waals surface area contributed by atoms with Gasteiger partial charge in [0, 0.05) is 0 Å². The van der Waals surface area contributed by atoms with Crippen molar-refractivity contribution in [2.45, 2.75) is 0 Å². The number of fused-ring (bicyclic) bond motifs is 4. The molecule has 8 aromatic rings. The Hall–Kier alpha value is -4.96. The first kappa shape index (κ1) is 19.4. The number of hydrogen-bond acceptors (Lipinski definition) is 15. The largest absolute Gasteiger partial charge is 0.440 e. The standard InChI is InChI=1S/C20H7N13OS2/c1-7-20(36-5-26-7)33-14(21-1)9-10-15(31-16(28-10)11-12-17(24-3-23-11)27-6-35-12)32-19(29-9)18-22-2-8-13(30-18)25-4-34-8/h1-6H,(H,28,29,31,32). The molecule has 16 heteroatoms. The van der Waals surface area contributed by atoms with E-state index < -0.39 is 0 Å². The monoisotopic (exact) mass is 509 g/mol. The van der Waals surface area contributed by atoms with Gasteiger partial charge in [0.15, 0.2) is 40.7 Å². The number of aromatic amines is 1. The second-order valence-corrected chi connectivity index (χ2v) is 9.07. The minimum Gasteiger partial charge on any atom is -0.440 e. The molecule has 0 aliphatic rings. The van der Waals surface area contributed by atoms with Crippen molar-refractivity contribution in [2.75, 3.05) is 0 Å². The van der Waals surface area contributed by atoms with Gasteiger partial charge in [0.05, 0.1) is 23.4 Å². The number of rotatable bonds is 3. The third-order valence-electron chi connectivity index (χ3n) is 5.30. The second kappa shape index (κ2) is 7.27. The fourth-order valence-corrected chi connectivity index (χ4v) is 5.06. The lowest BCUT2D eigenvalue weighted by Crippen LogP contribution is -2.00. The van der Waals surface area contributed by atoms with Gasteiger partial charge in [-0.1, -0.05) is 0 Å². The highest BCUT2D eigenvalue weighted by Gasteiger charge is 2.22. The van der Waals surface area contributed by atoms with E-state index >= 15 is 0 Å². The van der Waals surface area contributed by atoms with Gasteiger partial charge in [-0.2, -0.15) is 4.98 Å². The van der Waals surface area contributed by atoms with Crippen LogP contribution in [0.2, 0.25) is 0 Å². The Morgan fingerprint density at radius 3 is 2.58 bits per heavy atom. The maximum absolute atomic E-state index is 5.25. The molecule has 0 unspecified atom stereocenters. The summed E-state index contributed by atoms with van der Waals surface area (Å²) < 4.78 is 6.05. The molecule has 0 amide bonds. The van der Waals surface area contributed by atoms with Gasteiger partial charge in [0.2, 0.25) is 11.5 Å². The molecule has 0 saturated carbocycles. The number of nitrogens with zero attached hydrogens (tertiary/aromatic N) is 12. The summed E-state index contributed by atoms with van der Waals surface area (Å²) in [4.78, 5) is 57.3. The normalized spacial score (nSPS) is 11.9. The zero-order valence-electron chi connectivity index (χ0n) is 17.6. The van der Waals surface area contributed by atoms with Crippen LogP contribution in [0.5, 0.6) is 0 Å². The van der Waals surface area contributed by atoms with E-state index in [2.05, 4.69) is 54.8 Å². The Bertz CT molecular complexity index is 2090. The number of oxazole rings is 1. The molecule has 0 aliphatic carbocycles. The molecule has 8 rings (SSSR count). The van der Waals surface area contributed by atoms with E-state index in [1.54, 1.807) is 17.2 Å². The molecule has 0 saturated heterocycles. The van der Waals surface area contributed by atoms with Gasteiger partial charge in [-0.3, -0.25) is 0 Å². The SMILES string of the molecule is c1nc(-c2nc3nc(-c4ncc5ocnc5n4)nc(-c4ncc5ncsc5n4)c3[nH]2)c2scnc2n1. The number of H-pyrrole nitrogens is 1. The number of thiazole rings is 2. The van der Waals surface area contributed by atoms with Crippen LogP contribution in [0, 0.1) is 0 Å². The zero-order valence-corrected chi connectivity index (χ0v) is 19.2. The van der Waals surface area contributed by atoms with Crippen LogP contribution >= 0.6 is 22.7 Å². The van der Waals surface area contributed by atoms with Crippen molar-refractivity contribution in [3.8, 4) is 34.7 Å². The number of hydrogen-bond donors (Lipinski definition) is 1. The molecule has 0 fully saturated rings. The van der Waals surface area contributed by atoms with Crippen LogP contribution < -0.4 is 0 Å². The first-order valence-corrected chi connectivity index (χ1v) is 12.0.